The van der Waals surface area contributed by atoms with Gasteiger partial charge in [0.05, 0.1) is 32.2 Å². The van der Waals surface area contributed by atoms with Crippen LogP contribution in [0.15, 0.2) is 35.7 Å². The van der Waals surface area contributed by atoms with Crippen LogP contribution in [-0.2, 0) is 30.3 Å². The molecule has 0 fully saturated rings. The summed E-state index contributed by atoms with van der Waals surface area (Å²) in [4.78, 5) is 42.7. The van der Waals surface area contributed by atoms with Gasteiger partial charge in [-0.1, -0.05) is 29.8 Å². The highest BCUT2D eigenvalue weighted by molar-refractivity contribution is 7.10. The van der Waals surface area contributed by atoms with E-state index in [0.717, 1.165) is 23.1 Å². The number of hydrogen-bond donors (Lipinski definition) is 0. The van der Waals surface area contributed by atoms with Crippen LogP contribution in [0.3, 0.4) is 0 Å². The summed E-state index contributed by atoms with van der Waals surface area (Å²) >= 11 is 1.72. The lowest BCUT2D eigenvalue weighted by atomic mass is 9.92. The number of thiophene rings is 1. The lowest BCUT2D eigenvalue weighted by Crippen LogP contribution is -2.47. The number of amides is 2. The molecule has 0 radical (unpaired) electrons. The molecule has 1 aliphatic heterocycles. The van der Waals surface area contributed by atoms with E-state index in [9.17, 15) is 14.4 Å². The van der Waals surface area contributed by atoms with E-state index >= 15 is 0 Å². The molecule has 2 amide bonds. The van der Waals surface area contributed by atoms with E-state index in [1.807, 2.05) is 11.8 Å². The summed E-state index contributed by atoms with van der Waals surface area (Å²) in [6, 6.07) is 10.2. The van der Waals surface area contributed by atoms with Crippen molar-refractivity contribution in [3.8, 4) is 0 Å². The van der Waals surface area contributed by atoms with Crippen molar-refractivity contribution < 1.29 is 23.9 Å². The molecule has 1 aromatic heterocycles. The number of benzene rings is 1. The molecule has 0 aliphatic carbocycles. The first kappa shape index (κ1) is 24.9. The van der Waals surface area contributed by atoms with Crippen molar-refractivity contribution in [2.75, 3.05) is 40.0 Å². The quantitative estimate of drug-likeness (QED) is 0.496. The number of nitrogens with zero attached hydrogens (tertiary/aromatic N) is 2. The number of fused-ring (bicyclic) bond motifs is 1. The Morgan fingerprint density at radius 1 is 1.15 bits per heavy atom. The first-order chi connectivity index (χ1) is 15.9. The first-order valence-electron chi connectivity index (χ1n) is 11.3. The maximum Gasteiger partial charge on any atom is 0.306 e. The van der Waals surface area contributed by atoms with Crippen molar-refractivity contribution in [3.05, 3.63) is 57.3 Å². The molecule has 2 aromatic rings. The molecule has 178 valence electrons. The maximum absolute atomic E-state index is 13.5. The minimum Gasteiger partial charge on any atom is -0.466 e. The Morgan fingerprint density at radius 3 is 2.61 bits per heavy atom. The topological polar surface area (TPSA) is 76.1 Å². The van der Waals surface area contributed by atoms with Gasteiger partial charge in [0.1, 0.15) is 0 Å². The fourth-order valence-electron chi connectivity index (χ4n) is 4.04. The Bertz CT molecular complexity index is 956. The average molecular weight is 473 g/mol. The van der Waals surface area contributed by atoms with Gasteiger partial charge in [-0.3, -0.25) is 14.4 Å². The zero-order chi connectivity index (χ0) is 23.8. The van der Waals surface area contributed by atoms with E-state index in [4.69, 9.17) is 9.47 Å². The van der Waals surface area contributed by atoms with Crippen molar-refractivity contribution in [1.82, 2.24) is 9.80 Å². The number of carbonyl (C=O) groups excluding carboxylic acids is 3. The van der Waals surface area contributed by atoms with Crippen molar-refractivity contribution in [2.24, 2.45) is 0 Å². The van der Waals surface area contributed by atoms with Gasteiger partial charge in [0.15, 0.2) is 0 Å². The van der Waals surface area contributed by atoms with Crippen LogP contribution in [0.25, 0.3) is 0 Å². The molecule has 8 heteroatoms. The predicted octanol–water partition coefficient (Wildman–Crippen LogP) is 3.35. The van der Waals surface area contributed by atoms with Gasteiger partial charge >= 0.3 is 5.97 Å². The fourth-order valence-corrected chi connectivity index (χ4v) is 4.94. The average Bonchev–Trinajstić information content (AvgIpc) is 3.29. The van der Waals surface area contributed by atoms with E-state index in [2.05, 4.69) is 35.7 Å². The predicted molar refractivity (Wildman–Crippen MR) is 127 cm³/mol. The Labute approximate surface area is 199 Å². The van der Waals surface area contributed by atoms with Gasteiger partial charge in [0.25, 0.3) is 0 Å². The third kappa shape index (κ3) is 6.42. The van der Waals surface area contributed by atoms with Crippen LogP contribution in [0.5, 0.6) is 0 Å². The molecule has 0 spiro atoms. The first-order valence-corrected chi connectivity index (χ1v) is 12.2. The lowest BCUT2D eigenvalue weighted by molar-refractivity contribution is -0.147. The van der Waals surface area contributed by atoms with Crippen LogP contribution in [0.4, 0.5) is 0 Å². The van der Waals surface area contributed by atoms with Crippen molar-refractivity contribution in [1.29, 1.82) is 0 Å². The summed E-state index contributed by atoms with van der Waals surface area (Å²) in [6.45, 7) is 5.20. The van der Waals surface area contributed by atoms with Crippen LogP contribution in [0.2, 0.25) is 0 Å². The molecule has 0 bridgehead atoms. The summed E-state index contributed by atoms with van der Waals surface area (Å²) in [5.41, 5.74) is 3.38. The minimum absolute atomic E-state index is 0.00167. The molecule has 2 heterocycles. The van der Waals surface area contributed by atoms with Gasteiger partial charge in [-0.25, -0.2) is 0 Å². The number of rotatable bonds is 10. The number of methoxy groups -OCH3 is 1. The summed E-state index contributed by atoms with van der Waals surface area (Å²) in [5, 5.41) is 2.07. The Hall–Kier alpha value is -2.71. The Balaban J connectivity index is 1.77. The third-order valence-electron chi connectivity index (χ3n) is 5.77. The highest BCUT2D eigenvalue weighted by Crippen LogP contribution is 2.38. The zero-order valence-electron chi connectivity index (χ0n) is 19.5. The number of carbonyl (C=O) groups is 3. The second kappa shape index (κ2) is 12.0. The molecular formula is C25H32N2O5S. The molecule has 3 rings (SSSR count). The summed E-state index contributed by atoms with van der Waals surface area (Å²) in [5.74, 6) is -0.782. The Kier molecular flexibility index (Phi) is 9.03. The van der Waals surface area contributed by atoms with E-state index in [-0.39, 0.29) is 50.4 Å². The van der Waals surface area contributed by atoms with Gasteiger partial charge in [-0.05, 0) is 42.8 Å². The van der Waals surface area contributed by atoms with Gasteiger partial charge < -0.3 is 19.3 Å². The van der Waals surface area contributed by atoms with Gasteiger partial charge in [-0.2, -0.15) is 0 Å². The molecule has 1 aliphatic rings. The van der Waals surface area contributed by atoms with E-state index in [1.165, 1.54) is 9.78 Å². The lowest BCUT2D eigenvalue weighted by Gasteiger charge is -2.37. The molecule has 33 heavy (non-hydrogen) atoms. The molecule has 0 saturated carbocycles. The number of aryl methyl sites for hydroxylation is 1. The maximum atomic E-state index is 13.5. The summed E-state index contributed by atoms with van der Waals surface area (Å²) in [7, 11) is 1.55. The SMILES string of the molecule is CCOC(=O)CCC(=O)N(CCOC)CC(=O)N1CCc2sccc2C1c1ccc(C)cc1. The zero-order valence-corrected chi connectivity index (χ0v) is 20.4. The molecule has 1 aromatic carbocycles. The van der Waals surface area contributed by atoms with Crippen molar-refractivity contribution >= 4 is 29.1 Å². The minimum atomic E-state index is -0.413. The number of ether oxygens (including phenoxy) is 2. The highest BCUT2D eigenvalue weighted by Gasteiger charge is 2.34. The van der Waals surface area contributed by atoms with E-state index < -0.39 is 5.97 Å². The molecular weight excluding hydrogens is 440 g/mol. The normalized spacial score (nSPS) is 15.1. The molecule has 7 nitrogen and oxygen atoms in total. The van der Waals surface area contributed by atoms with Crippen molar-refractivity contribution in [2.45, 2.75) is 39.2 Å². The molecule has 0 N–H and O–H groups in total. The third-order valence-corrected chi connectivity index (χ3v) is 6.77. The van der Waals surface area contributed by atoms with Crippen LogP contribution in [-0.4, -0.2) is 67.5 Å². The molecule has 1 unspecified atom stereocenters. The number of hydrogen-bond acceptors (Lipinski definition) is 6. The number of esters is 1. The van der Waals surface area contributed by atoms with Crippen LogP contribution in [0, 0.1) is 6.92 Å². The van der Waals surface area contributed by atoms with Gasteiger partial charge in [0, 0.05) is 31.5 Å². The molecule has 1 atom stereocenters. The summed E-state index contributed by atoms with van der Waals surface area (Å²) in [6.07, 6.45) is 0.806. The highest BCUT2D eigenvalue weighted by atomic mass is 32.1. The van der Waals surface area contributed by atoms with Crippen LogP contribution < -0.4 is 0 Å². The van der Waals surface area contributed by atoms with Crippen LogP contribution >= 0.6 is 11.3 Å². The van der Waals surface area contributed by atoms with E-state index in [0.29, 0.717) is 13.2 Å². The second-order valence-corrected chi connectivity index (χ2v) is 9.06. The monoisotopic (exact) mass is 472 g/mol. The Morgan fingerprint density at radius 2 is 1.91 bits per heavy atom. The second-order valence-electron chi connectivity index (χ2n) is 8.06. The smallest absolute Gasteiger partial charge is 0.306 e. The van der Waals surface area contributed by atoms with E-state index in [1.54, 1.807) is 25.4 Å². The largest absolute Gasteiger partial charge is 0.466 e. The van der Waals surface area contributed by atoms with Gasteiger partial charge in [0.2, 0.25) is 11.8 Å². The van der Waals surface area contributed by atoms with Crippen molar-refractivity contribution in [3.63, 3.8) is 0 Å². The fraction of sp³-hybridized carbons (Fsp3) is 0.480. The van der Waals surface area contributed by atoms with Crippen LogP contribution in [0.1, 0.15) is 47.4 Å². The summed E-state index contributed by atoms with van der Waals surface area (Å²) < 4.78 is 10.1. The molecule has 0 saturated heterocycles. The van der Waals surface area contributed by atoms with Gasteiger partial charge in [-0.15, -0.1) is 11.3 Å². The standard InChI is InChI=1S/C25H32N2O5S/c1-4-32-24(30)10-9-22(28)26(14-15-31-3)17-23(29)27-13-11-21-20(12-16-33-21)25(27)19-7-5-18(2)6-8-19/h5-8,12,16,25H,4,9-11,13-15,17H2,1-3H3.